The first-order chi connectivity index (χ1) is 14.2. The Labute approximate surface area is 171 Å². The molecule has 1 amide bonds. The van der Waals surface area contributed by atoms with Crippen LogP contribution in [0.1, 0.15) is 30.3 Å². The van der Waals surface area contributed by atoms with E-state index in [1.54, 1.807) is 22.1 Å². The van der Waals surface area contributed by atoms with E-state index in [0.717, 1.165) is 41.0 Å². The summed E-state index contributed by atoms with van der Waals surface area (Å²) in [6, 6.07) is 15.4. The Morgan fingerprint density at radius 1 is 1.10 bits per heavy atom. The van der Waals surface area contributed by atoms with E-state index in [9.17, 15) is 9.59 Å². The van der Waals surface area contributed by atoms with Crippen LogP contribution in [-0.4, -0.2) is 32.1 Å². The highest BCUT2D eigenvalue weighted by molar-refractivity contribution is 7.18. The van der Waals surface area contributed by atoms with Gasteiger partial charge in [0.2, 0.25) is 11.3 Å². The fourth-order valence-corrected chi connectivity index (χ4v) is 5.14. The van der Waals surface area contributed by atoms with Crippen LogP contribution in [0.15, 0.2) is 59.5 Å². The maximum atomic E-state index is 13.3. The lowest BCUT2D eigenvalue weighted by Crippen LogP contribution is -2.40. The van der Waals surface area contributed by atoms with Crippen LogP contribution < -0.4 is 5.43 Å². The van der Waals surface area contributed by atoms with E-state index in [1.165, 1.54) is 6.20 Å². The van der Waals surface area contributed by atoms with Gasteiger partial charge in [0.25, 0.3) is 0 Å². The number of amides is 1. The number of likely N-dealkylation sites (tertiary alicyclic amines) is 1. The third kappa shape index (κ3) is 3.31. The Morgan fingerprint density at radius 3 is 2.83 bits per heavy atom. The van der Waals surface area contributed by atoms with Crippen LogP contribution in [0.25, 0.3) is 21.1 Å². The Morgan fingerprint density at radius 2 is 1.93 bits per heavy atom. The molecule has 0 bridgehead atoms. The summed E-state index contributed by atoms with van der Waals surface area (Å²) in [5.41, 5.74) is 1.54. The number of hydrogen-bond acceptors (Lipinski definition) is 5. The highest BCUT2D eigenvalue weighted by Crippen LogP contribution is 2.35. The maximum absolute atomic E-state index is 13.3. The zero-order valence-corrected chi connectivity index (χ0v) is 16.6. The van der Waals surface area contributed by atoms with Gasteiger partial charge in [0, 0.05) is 11.9 Å². The van der Waals surface area contributed by atoms with Crippen molar-refractivity contribution in [3.63, 3.8) is 0 Å². The minimum atomic E-state index is -0.130. The van der Waals surface area contributed by atoms with Crippen LogP contribution in [0.3, 0.4) is 0 Å². The molecule has 1 saturated heterocycles. The molecule has 7 heteroatoms. The SMILES string of the molecule is O=C(Cn1ncc(=O)c2ccccc21)N1CCCC[C@H]1c1nc2ccccc2s1. The average molecular weight is 404 g/mol. The van der Waals surface area contributed by atoms with E-state index in [4.69, 9.17) is 4.98 Å². The van der Waals surface area contributed by atoms with Gasteiger partial charge in [0.15, 0.2) is 0 Å². The molecule has 0 spiro atoms. The molecule has 0 N–H and O–H groups in total. The molecule has 1 aliphatic rings. The highest BCUT2D eigenvalue weighted by atomic mass is 32.1. The normalized spacial score (nSPS) is 17.1. The van der Waals surface area contributed by atoms with Crippen molar-refractivity contribution in [2.24, 2.45) is 0 Å². The molecular formula is C22H20N4O2S. The molecule has 29 heavy (non-hydrogen) atoms. The van der Waals surface area contributed by atoms with Crippen LogP contribution in [0.5, 0.6) is 0 Å². The van der Waals surface area contributed by atoms with Gasteiger partial charge in [-0.25, -0.2) is 4.98 Å². The molecule has 3 heterocycles. The third-order valence-electron chi connectivity index (χ3n) is 5.47. The Balaban J connectivity index is 1.46. The Bertz CT molecular complexity index is 1230. The number of thiazole rings is 1. The summed E-state index contributed by atoms with van der Waals surface area (Å²) >= 11 is 1.67. The number of carbonyl (C=O) groups excluding carboxylic acids is 1. The first-order valence-corrected chi connectivity index (χ1v) is 10.6. The summed E-state index contributed by atoms with van der Waals surface area (Å²) in [5.74, 6) is 0.00950. The van der Waals surface area contributed by atoms with Crippen LogP contribution >= 0.6 is 11.3 Å². The number of fused-ring (bicyclic) bond motifs is 2. The van der Waals surface area contributed by atoms with Crippen molar-refractivity contribution in [3.8, 4) is 0 Å². The molecule has 1 atom stereocenters. The van der Waals surface area contributed by atoms with Gasteiger partial charge in [-0.15, -0.1) is 11.3 Å². The largest absolute Gasteiger partial charge is 0.332 e. The molecule has 4 aromatic rings. The highest BCUT2D eigenvalue weighted by Gasteiger charge is 2.30. The first kappa shape index (κ1) is 18.0. The zero-order valence-electron chi connectivity index (χ0n) is 15.8. The lowest BCUT2D eigenvalue weighted by molar-refractivity contribution is -0.135. The number of nitrogens with zero attached hydrogens (tertiary/aromatic N) is 4. The van der Waals surface area contributed by atoms with Gasteiger partial charge in [0.1, 0.15) is 11.6 Å². The van der Waals surface area contributed by atoms with Gasteiger partial charge in [-0.05, 0) is 43.5 Å². The summed E-state index contributed by atoms with van der Waals surface area (Å²) in [6.07, 6.45) is 4.29. The molecule has 5 rings (SSSR count). The number of aromatic nitrogens is 3. The quantitative estimate of drug-likeness (QED) is 0.521. The number of hydrogen-bond donors (Lipinski definition) is 0. The number of benzene rings is 2. The predicted octanol–water partition coefficient (Wildman–Crippen LogP) is 3.76. The predicted molar refractivity (Wildman–Crippen MR) is 114 cm³/mol. The van der Waals surface area contributed by atoms with Crippen LogP contribution in [0.4, 0.5) is 0 Å². The van der Waals surface area contributed by atoms with Crippen molar-refractivity contribution in [1.82, 2.24) is 19.7 Å². The molecule has 1 aliphatic heterocycles. The van der Waals surface area contributed by atoms with Gasteiger partial charge in [-0.3, -0.25) is 14.3 Å². The molecule has 2 aromatic heterocycles. The van der Waals surface area contributed by atoms with Crippen LogP contribution in [0.2, 0.25) is 0 Å². The molecule has 6 nitrogen and oxygen atoms in total. The average Bonchev–Trinajstić information content (AvgIpc) is 3.20. The smallest absolute Gasteiger partial charge is 0.244 e. The van der Waals surface area contributed by atoms with Crippen molar-refractivity contribution in [2.75, 3.05) is 6.54 Å². The van der Waals surface area contributed by atoms with Crippen molar-refractivity contribution < 1.29 is 4.79 Å². The number of rotatable bonds is 3. The first-order valence-electron chi connectivity index (χ1n) is 9.80. The van der Waals surface area contributed by atoms with E-state index in [0.29, 0.717) is 10.9 Å². The number of carbonyl (C=O) groups is 1. The third-order valence-corrected chi connectivity index (χ3v) is 6.60. The lowest BCUT2D eigenvalue weighted by atomic mass is 10.0. The Hall–Kier alpha value is -3.06. The van der Waals surface area contributed by atoms with E-state index < -0.39 is 0 Å². The number of piperidine rings is 1. The summed E-state index contributed by atoms with van der Waals surface area (Å²) in [4.78, 5) is 32.1. The molecule has 1 fully saturated rings. The summed E-state index contributed by atoms with van der Waals surface area (Å²) in [7, 11) is 0. The van der Waals surface area contributed by atoms with E-state index in [1.807, 2.05) is 41.3 Å². The van der Waals surface area contributed by atoms with Crippen LogP contribution in [-0.2, 0) is 11.3 Å². The monoisotopic (exact) mass is 404 g/mol. The van der Waals surface area contributed by atoms with Crippen molar-refractivity contribution >= 4 is 38.4 Å². The molecule has 146 valence electrons. The van der Waals surface area contributed by atoms with E-state index >= 15 is 0 Å². The minimum absolute atomic E-state index is 0.000652. The van der Waals surface area contributed by atoms with Gasteiger partial charge in [-0.1, -0.05) is 24.3 Å². The zero-order chi connectivity index (χ0) is 19.8. The van der Waals surface area contributed by atoms with Crippen LogP contribution in [0, 0.1) is 0 Å². The Kier molecular flexibility index (Phi) is 4.60. The second kappa shape index (κ2) is 7.40. The minimum Gasteiger partial charge on any atom is -0.332 e. The van der Waals surface area contributed by atoms with Gasteiger partial charge >= 0.3 is 0 Å². The maximum Gasteiger partial charge on any atom is 0.244 e. The van der Waals surface area contributed by atoms with E-state index in [-0.39, 0.29) is 23.9 Å². The molecule has 0 aliphatic carbocycles. The molecule has 2 aromatic carbocycles. The van der Waals surface area contributed by atoms with Gasteiger partial charge < -0.3 is 4.90 Å². The van der Waals surface area contributed by atoms with Crippen molar-refractivity contribution in [3.05, 3.63) is 70.0 Å². The second-order valence-electron chi connectivity index (χ2n) is 7.30. The molecule has 0 radical (unpaired) electrons. The topological polar surface area (TPSA) is 68.1 Å². The summed E-state index contributed by atoms with van der Waals surface area (Å²) in [6.45, 7) is 0.833. The molecular weight excluding hydrogens is 384 g/mol. The van der Waals surface area contributed by atoms with E-state index in [2.05, 4.69) is 11.2 Å². The lowest BCUT2D eigenvalue weighted by Gasteiger charge is -2.34. The fraction of sp³-hybridized carbons (Fsp3) is 0.273. The number of para-hydroxylation sites is 2. The second-order valence-corrected chi connectivity index (χ2v) is 8.36. The fourth-order valence-electron chi connectivity index (χ4n) is 4.03. The summed E-state index contributed by atoms with van der Waals surface area (Å²) < 4.78 is 2.77. The molecule has 0 saturated carbocycles. The van der Waals surface area contributed by atoms with Crippen molar-refractivity contribution in [1.29, 1.82) is 0 Å². The van der Waals surface area contributed by atoms with Crippen molar-refractivity contribution in [2.45, 2.75) is 31.8 Å². The molecule has 0 unspecified atom stereocenters. The van der Waals surface area contributed by atoms with Gasteiger partial charge in [0.05, 0.1) is 28.0 Å². The standard InChI is InChI=1S/C22H20N4O2S/c27-19-13-23-26(17-9-3-1-7-15(17)19)14-21(28)25-12-6-5-10-18(25)22-24-16-8-2-4-11-20(16)29-22/h1-4,7-9,11,13,18H,5-6,10,12,14H2/t18-/m0/s1. The van der Waals surface area contributed by atoms with Gasteiger partial charge in [-0.2, -0.15) is 5.10 Å². The summed E-state index contributed by atoms with van der Waals surface area (Å²) in [5, 5.41) is 5.79.